The van der Waals surface area contributed by atoms with Gasteiger partial charge in [0, 0.05) is 0 Å². The number of benzene rings is 2. The fourth-order valence-corrected chi connectivity index (χ4v) is 1.66. The van der Waals surface area contributed by atoms with E-state index in [-0.39, 0.29) is 14.9 Å². The molecule has 2 aromatic carbocycles. The molecule has 0 radical (unpaired) electrons. The van der Waals surface area contributed by atoms with Crippen LogP contribution in [-0.4, -0.2) is 0 Å². The van der Waals surface area contributed by atoms with Crippen LogP contribution in [0.25, 0.3) is 23.4 Å². The average molecular weight is 212 g/mol. The maximum atomic E-state index is 4.01. The first-order valence-electron chi connectivity index (χ1n) is 4.62. The largest absolute Gasteiger partial charge is 0.0990 e. The second-order valence-corrected chi connectivity index (χ2v) is 3.26. The van der Waals surface area contributed by atoms with E-state index in [9.17, 15) is 0 Å². The third kappa shape index (κ3) is 2.40. The Labute approximate surface area is 98.2 Å². The minimum absolute atomic E-state index is 0. The standard InChI is InChI=1S/C14H12.2CH4/c1-3-6-13-11(2)9-10-12-7-4-5-8-14(12)13;;/h3-10H,1-2H2;2*1H4/b13-6+;;. The maximum absolute atomic E-state index is 4.01. The minimum Gasteiger partial charge on any atom is -0.0990 e. The van der Waals surface area contributed by atoms with Crippen molar-refractivity contribution >= 4 is 23.4 Å². The summed E-state index contributed by atoms with van der Waals surface area (Å²) in [6.45, 7) is 7.73. The van der Waals surface area contributed by atoms with Crippen LogP contribution in [0.5, 0.6) is 0 Å². The van der Waals surface area contributed by atoms with Gasteiger partial charge in [0.2, 0.25) is 0 Å². The molecule has 0 spiro atoms. The molecule has 16 heavy (non-hydrogen) atoms. The first kappa shape index (κ1) is 14.2. The summed E-state index contributed by atoms with van der Waals surface area (Å²) < 4.78 is 0. The number of allylic oxidation sites excluding steroid dienone is 1. The van der Waals surface area contributed by atoms with E-state index in [0.717, 1.165) is 10.4 Å². The molecule has 0 aliphatic rings. The van der Waals surface area contributed by atoms with Crippen LogP contribution < -0.4 is 10.4 Å². The van der Waals surface area contributed by atoms with Crippen molar-refractivity contribution in [1.82, 2.24) is 0 Å². The molecule has 0 saturated carbocycles. The van der Waals surface area contributed by atoms with Gasteiger partial charge in [0.25, 0.3) is 0 Å². The molecule has 0 heteroatoms. The van der Waals surface area contributed by atoms with Gasteiger partial charge in [0.15, 0.2) is 0 Å². The first-order valence-corrected chi connectivity index (χ1v) is 4.62. The van der Waals surface area contributed by atoms with Crippen molar-refractivity contribution in [2.75, 3.05) is 0 Å². The molecule has 0 N–H and O–H groups in total. The van der Waals surface area contributed by atoms with Gasteiger partial charge in [-0.05, 0) is 21.2 Å². The van der Waals surface area contributed by atoms with Gasteiger partial charge >= 0.3 is 0 Å². The Morgan fingerprint density at radius 3 is 2.31 bits per heavy atom. The number of hydrogen-bond acceptors (Lipinski definition) is 0. The topological polar surface area (TPSA) is 0 Å². The lowest BCUT2D eigenvalue weighted by Gasteiger charge is -1.98. The summed E-state index contributed by atoms with van der Waals surface area (Å²) in [4.78, 5) is 0. The molecule has 0 unspecified atom stereocenters. The average Bonchev–Trinajstić information content (AvgIpc) is 2.23. The second kappa shape index (κ2) is 5.92. The van der Waals surface area contributed by atoms with Crippen LogP contribution in [0.15, 0.2) is 49.1 Å². The molecular weight excluding hydrogens is 192 g/mol. The summed E-state index contributed by atoms with van der Waals surface area (Å²) in [5.74, 6) is 0. The van der Waals surface area contributed by atoms with E-state index in [2.05, 4.69) is 31.4 Å². The summed E-state index contributed by atoms with van der Waals surface area (Å²) in [6.07, 6.45) is 3.81. The van der Waals surface area contributed by atoms with E-state index in [4.69, 9.17) is 0 Å². The zero-order chi connectivity index (χ0) is 9.97. The van der Waals surface area contributed by atoms with Crippen LogP contribution in [0.1, 0.15) is 14.9 Å². The van der Waals surface area contributed by atoms with Crippen molar-refractivity contribution in [1.29, 1.82) is 0 Å². The van der Waals surface area contributed by atoms with Crippen molar-refractivity contribution in [2.24, 2.45) is 0 Å². The highest BCUT2D eigenvalue weighted by Gasteiger charge is 1.92. The normalized spacial score (nSPS) is 10.4. The Kier molecular flexibility index (Phi) is 5.24. The molecule has 0 aliphatic carbocycles. The molecule has 0 bridgehead atoms. The Balaban J connectivity index is 0.00000112. The molecule has 0 heterocycles. The monoisotopic (exact) mass is 212 g/mol. The molecule has 0 amide bonds. The van der Waals surface area contributed by atoms with Crippen molar-refractivity contribution < 1.29 is 0 Å². The lowest BCUT2D eigenvalue weighted by Crippen LogP contribution is -2.22. The zero-order valence-corrected chi connectivity index (χ0v) is 8.03. The van der Waals surface area contributed by atoms with E-state index in [1.54, 1.807) is 6.08 Å². The van der Waals surface area contributed by atoms with Gasteiger partial charge in [0.1, 0.15) is 0 Å². The Morgan fingerprint density at radius 1 is 0.938 bits per heavy atom. The molecule has 0 aliphatic heterocycles. The Morgan fingerprint density at radius 2 is 1.62 bits per heavy atom. The SMILES string of the molecule is C.C.C=C/C=c1\c(=C)ccc2ccccc12. The van der Waals surface area contributed by atoms with Gasteiger partial charge in [-0.1, -0.05) is 76.6 Å². The third-order valence-electron chi connectivity index (χ3n) is 2.35. The minimum atomic E-state index is 0. The van der Waals surface area contributed by atoms with Crippen LogP contribution in [0, 0.1) is 0 Å². The van der Waals surface area contributed by atoms with E-state index in [1.807, 2.05) is 24.3 Å². The summed E-state index contributed by atoms with van der Waals surface area (Å²) in [5.41, 5.74) is 0. The summed E-state index contributed by atoms with van der Waals surface area (Å²) in [7, 11) is 0. The molecule has 84 valence electrons. The van der Waals surface area contributed by atoms with E-state index in [0.29, 0.717) is 0 Å². The van der Waals surface area contributed by atoms with E-state index in [1.165, 1.54) is 10.8 Å². The highest BCUT2D eigenvalue weighted by Crippen LogP contribution is 2.06. The lowest BCUT2D eigenvalue weighted by molar-refractivity contribution is 1.60. The zero-order valence-electron chi connectivity index (χ0n) is 8.03. The molecule has 2 rings (SSSR count). The highest BCUT2D eigenvalue weighted by molar-refractivity contribution is 5.84. The number of rotatable bonds is 1. The maximum Gasteiger partial charge on any atom is -0.0106 e. The fourth-order valence-electron chi connectivity index (χ4n) is 1.66. The molecule has 0 saturated heterocycles. The Hall–Kier alpha value is -1.82. The number of fused-ring (bicyclic) bond motifs is 1. The second-order valence-electron chi connectivity index (χ2n) is 3.26. The van der Waals surface area contributed by atoms with Crippen LogP contribution in [0.4, 0.5) is 0 Å². The smallest absolute Gasteiger partial charge is 0.0106 e. The van der Waals surface area contributed by atoms with E-state index >= 15 is 0 Å². The predicted molar refractivity (Wildman–Crippen MR) is 76.8 cm³/mol. The summed E-state index contributed by atoms with van der Waals surface area (Å²) >= 11 is 0. The predicted octanol–water partition coefficient (Wildman–Crippen LogP) is 3.49. The molecule has 0 nitrogen and oxygen atoms in total. The quantitative estimate of drug-likeness (QED) is 0.679. The first-order chi connectivity index (χ1) is 6.83. The molecular formula is C16H20. The van der Waals surface area contributed by atoms with Crippen LogP contribution in [-0.2, 0) is 0 Å². The molecule has 0 atom stereocenters. The van der Waals surface area contributed by atoms with Gasteiger partial charge < -0.3 is 0 Å². The van der Waals surface area contributed by atoms with Gasteiger partial charge in [-0.3, -0.25) is 0 Å². The molecule has 0 aromatic heterocycles. The van der Waals surface area contributed by atoms with Gasteiger partial charge in [-0.25, -0.2) is 0 Å². The lowest BCUT2D eigenvalue weighted by atomic mass is 10.1. The van der Waals surface area contributed by atoms with Gasteiger partial charge in [0.05, 0.1) is 0 Å². The van der Waals surface area contributed by atoms with Gasteiger partial charge in [-0.2, -0.15) is 0 Å². The molecule has 0 fully saturated rings. The van der Waals surface area contributed by atoms with Crippen molar-refractivity contribution in [3.05, 3.63) is 59.5 Å². The summed E-state index contributed by atoms with van der Waals surface area (Å²) in [6, 6.07) is 12.4. The highest BCUT2D eigenvalue weighted by atomic mass is 14.0. The van der Waals surface area contributed by atoms with Crippen LogP contribution in [0.3, 0.4) is 0 Å². The fraction of sp³-hybridized carbons (Fsp3) is 0.125. The van der Waals surface area contributed by atoms with Gasteiger partial charge in [-0.15, -0.1) is 0 Å². The van der Waals surface area contributed by atoms with Crippen molar-refractivity contribution in [3.63, 3.8) is 0 Å². The number of hydrogen-bond donors (Lipinski definition) is 0. The van der Waals surface area contributed by atoms with Crippen LogP contribution >= 0.6 is 0 Å². The summed E-state index contributed by atoms with van der Waals surface area (Å²) in [5, 5.41) is 4.69. The van der Waals surface area contributed by atoms with E-state index < -0.39 is 0 Å². The third-order valence-corrected chi connectivity index (χ3v) is 2.35. The van der Waals surface area contributed by atoms with Crippen molar-refractivity contribution in [2.45, 2.75) is 14.9 Å². The molecule has 2 aromatic rings. The van der Waals surface area contributed by atoms with Crippen LogP contribution in [0.2, 0.25) is 0 Å². The van der Waals surface area contributed by atoms with Crippen molar-refractivity contribution in [3.8, 4) is 0 Å². The Bertz CT molecular complexity index is 577.